The molecule has 0 heterocycles. The second-order valence-corrected chi connectivity index (χ2v) is 6.07. The number of rotatable bonds is 7. The Labute approximate surface area is 119 Å². The van der Waals surface area contributed by atoms with Gasteiger partial charge in [-0.25, -0.2) is 4.79 Å². The summed E-state index contributed by atoms with van der Waals surface area (Å²) < 4.78 is 31.1. The van der Waals surface area contributed by atoms with Gasteiger partial charge in [-0.1, -0.05) is 30.3 Å². The van der Waals surface area contributed by atoms with Crippen molar-refractivity contribution in [2.45, 2.75) is 26.0 Å². The lowest BCUT2D eigenvalue weighted by Crippen LogP contribution is -2.34. The van der Waals surface area contributed by atoms with Crippen LogP contribution in [0.4, 0.5) is 4.79 Å². The fourth-order valence-electron chi connectivity index (χ4n) is 1.41. The fourth-order valence-corrected chi connectivity index (χ4v) is 1.81. The molecule has 0 saturated heterocycles. The zero-order valence-electron chi connectivity index (χ0n) is 11.5. The third-order valence-electron chi connectivity index (χ3n) is 2.43. The van der Waals surface area contributed by atoms with E-state index in [9.17, 15) is 13.2 Å². The Bertz CT molecular complexity index is 515. The summed E-state index contributed by atoms with van der Waals surface area (Å²) in [6.45, 7) is 1.97. The van der Waals surface area contributed by atoms with Crippen molar-refractivity contribution in [3.8, 4) is 0 Å². The highest BCUT2D eigenvalue weighted by Gasteiger charge is 2.10. The monoisotopic (exact) mass is 301 g/mol. The molecule has 0 aromatic heterocycles. The van der Waals surface area contributed by atoms with Gasteiger partial charge in [0.1, 0.15) is 6.61 Å². The van der Waals surface area contributed by atoms with Crippen LogP contribution < -0.4 is 5.32 Å². The van der Waals surface area contributed by atoms with Crippen molar-refractivity contribution in [1.82, 2.24) is 5.32 Å². The molecule has 0 fully saturated rings. The molecule has 0 saturated carbocycles. The molecule has 1 rings (SSSR count). The van der Waals surface area contributed by atoms with Gasteiger partial charge < -0.3 is 10.1 Å². The van der Waals surface area contributed by atoms with E-state index < -0.39 is 16.2 Å². The van der Waals surface area contributed by atoms with Crippen molar-refractivity contribution in [1.29, 1.82) is 0 Å². The third-order valence-corrected chi connectivity index (χ3v) is 3.02. The average Bonchev–Trinajstić information content (AvgIpc) is 2.36. The summed E-state index contributed by atoms with van der Waals surface area (Å²) in [7, 11) is -3.44. The van der Waals surface area contributed by atoms with E-state index in [1.165, 1.54) is 0 Å². The lowest BCUT2D eigenvalue weighted by atomic mass is 10.2. The van der Waals surface area contributed by atoms with E-state index in [-0.39, 0.29) is 19.3 Å². The molecule has 20 heavy (non-hydrogen) atoms. The van der Waals surface area contributed by atoms with Crippen LogP contribution in [0.1, 0.15) is 18.9 Å². The van der Waals surface area contributed by atoms with Gasteiger partial charge in [0.2, 0.25) is 0 Å². The molecule has 0 spiro atoms. The molecule has 7 heteroatoms. The number of amides is 1. The second kappa shape index (κ2) is 7.86. The minimum atomic E-state index is -3.44. The van der Waals surface area contributed by atoms with Crippen molar-refractivity contribution in [2.75, 3.05) is 12.9 Å². The minimum absolute atomic E-state index is 0.0268. The number of carbonyl (C=O) groups is 1. The quantitative estimate of drug-likeness (QED) is 0.775. The lowest BCUT2D eigenvalue weighted by Gasteiger charge is -2.13. The molecule has 0 radical (unpaired) electrons. The summed E-state index contributed by atoms with van der Waals surface area (Å²) in [6, 6.07) is 9.09. The van der Waals surface area contributed by atoms with Gasteiger partial charge in [0.05, 0.1) is 12.9 Å². The molecule has 1 unspecified atom stereocenters. The Morgan fingerprint density at radius 1 is 1.30 bits per heavy atom. The molecule has 1 aromatic carbocycles. The number of benzene rings is 1. The van der Waals surface area contributed by atoms with Crippen molar-refractivity contribution >= 4 is 16.2 Å². The summed E-state index contributed by atoms with van der Waals surface area (Å²) in [5.74, 6) is 0. The van der Waals surface area contributed by atoms with E-state index in [4.69, 9.17) is 4.74 Å². The van der Waals surface area contributed by atoms with E-state index in [0.29, 0.717) is 6.42 Å². The maximum absolute atomic E-state index is 11.5. The SMILES string of the molecule is CC(CCOS(C)(=O)=O)NC(=O)OCc1ccccc1. The summed E-state index contributed by atoms with van der Waals surface area (Å²) in [5.41, 5.74) is 0.899. The Kier molecular flexibility index (Phi) is 6.47. The van der Waals surface area contributed by atoms with Gasteiger partial charge in [0.25, 0.3) is 10.1 Å². The predicted octanol–water partition coefficient (Wildman–Crippen LogP) is 1.67. The van der Waals surface area contributed by atoms with Crippen LogP contribution >= 0.6 is 0 Å². The van der Waals surface area contributed by atoms with E-state index >= 15 is 0 Å². The number of carbonyl (C=O) groups excluding carboxylic acids is 1. The van der Waals surface area contributed by atoms with Gasteiger partial charge in [-0.15, -0.1) is 0 Å². The summed E-state index contributed by atoms with van der Waals surface area (Å²) in [4.78, 5) is 11.5. The maximum atomic E-state index is 11.5. The first-order valence-electron chi connectivity index (χ1n) is 6.18. The topological polar surface area (TPSA) is 81.7 Å². The smallest absolute Gasteiger partial charge is 0.407 e. The van der Waals surface area contributed by atoms with Gasteiger partial charge in [0.15, 0.2) is 0 Å². The highest BCUT2D eigenvalue weighted by molar-refractivity contribution is 7.85. The number of nitrogens with one attached hydrogen (secondary N) is 1. The molecular formula is C13H19NO5S. The molecule has 6 nitrogen and oxygen atoms in total. The zero-order valence-corrected chi connectivity index (χ0v) is 12.4. The Hall–Kier alpha value is -1.60. The van der Waals surface area contributed by atoms with Crippen LogP contribution in [-0.4, -0.2) is 33.4 Å². The molecule has 0 aliphatic carbocycles. The van der Waals surface area contributed by atoms with Gasteiger partial charge in [-0.2, -0.15) is 8.42 Å². The highest BCUT2D eigenvalue weighted by atomic mass is 32.2. The molecule has 1 atom stereocenters. The maximum Gasteiger partial charge on any atom is 0.407 e. The first-order valence-corrected chi connectivity index (χ1v) is 8.00. The van der Waals surface area contributed by atoms with Crippen LogP contribution in [-0.2, 0) is 25.6 Å². The van der Waals surface area contributed by atoms with Gasteiger partial charge in [-0.05, 0) is 18.9 Å². The third kappa shape index (κ3) is 7.75. The summed E-state index contributed by atoms with van der Waals surface area (Å²) in [6.07, 6.45) is 0.827. The fraction of sp³-hybridized carbons (Fsp3) is 0.462. The number of ether oxygens (including phenoxy) is 1. The van der Waals surface area contributed by atoms with Crippen LogP contribution in [0, 0.1) is 0 Å². The van der Waals surface area contributed by atoms with Gasteiger partial charge >= 0.3 is 6.09 Å². The van der Waals surface area contributed by atoms with E-state index in [2.05, 4.69) is 9.50 Å². The van der Waals surface area contributed by atoms with Crippen LogP contribution in [0.25, 0.3) is 0 Å². The average molecular weight is 301 g/mol. The Balaban J connectivity index is 2.21. The first kappa shape index (κ1) is 16.5. The molecular weight excluding hydrogens is 282 g/mol. The number of hydrogen-bond acceptors (Lipinski definition) is 5. The summed E-state index contributed by atoms with van der Waals surface area (Å²) >= 11 is 0. The highest BCUT2D eigenvalue weighted by Crippen LogP contribution is 2.01. The van der Waals surface area contributed by atoms with Crippen LogP contribution in [0.5, 0.6) is 0 Å². The zero-order chi connectivity index (χ0) is 15.0. The van der Waals surface area contributed by atoms with E-state index in [0.717, 1.165) is 11.8 Å². The Morgan fingerprint density at radius 3 is 2.55 bits per heavy atom. The largest absolute Gasteiger partial charge is 0.445 e. The van der Waals surface area contributed by atoms with Crippen molar-refractivity contribution in [2.24, 2.45) is 0 Å². The molecule has 0 aliphatic rings. The van der Waals surface area contributed by atoms with Gasteiger partial charge in [0, 0.05) is 6.04 Å². The molecule has 0 aliphatic heterocycles. The van der Waals surface area contributed by atoms with Crippen molar-refractivity contribution < 1.29 is 22.1 Å². The van der Waals surface area contributed by atoms with Crippen LogP contribution in [0.15, 0.2) is 30.3 Å². The minimum Gasteiger partial charge on any atom is -0.445 e. The second-order valence-electron chi connectivity index (χ2n) is 4.42. The molecule has 0 bridgehead atoms. The first-order chi connectivity index (χ1) is 9.37. The molecule has 1 aromatic rings. The van der Waals surface area contributed by atoms with Gasteiger partial charge in [-0.3, -0.25) is 4.18 Å². The molecule has 1 N–H and O–H groups in total. The standard InChI is InChI=1S/C13H19NO5S/c1-11(8-9-19-20(2,16)17)14-13(15)18-10-12-6-4-3-5-7-12/h3-7,11H,8-10H2,1-2H3,(H,14,15). The number of alkyl carbamates (subject to hydrolysis) is 1. The van der Waals surface area contributed by atoms with Crippen molar-refractivity contribution in [3.05, 3.63) is 35.9 Å². The van der Waals surface area contributed by atoms with Crippen LogP contribution in [0.2, 0.25) is 0 Å². The van der Waals surface area contributed by atoms with E-state index in [1.807, 2.05) is 30.3 Å². The molecule has 1 amide bonds. The van der Waals surface area contributed by atoms with Crippen molar-refractivity contribution in [3.63, 3.8) is 0 Å². The molecule has 112 valence electrons. The predicted molar refractivity (Wildman–Crippen MR) is 74.6 cm³/mol. The normalized spacial score (nSPS) is 12.7. The van der Waals surface area contributed by atoms with Crippen LogP contribution in [0.3, 0.4) is 0 Å². The number of hydrogen-bond donors (Lipinski definition) is 1. The van der Waals surface area contributed by atoms with E-state index in [1.54, 1.807) is 6.92 Å². The Morgan fingerprint density at radius 2 is 1.95 bits per heavy atom. The lowest BCUT2D eigenvalue weighted by molar-refractivity contribution is 0.135. The summed E-state index contributed by atoms with van der Waals surface area (Å²) in [5, 5.41) is 2.60.